The maximum atomic E-state index is 13.0. The third-order valence-corrected chi connectivity index (χ3v) is 4.13. The second-order valence-corrected chi connectivity index (χ2v) is 6.21. The number of ether oxygens (including phenoxy) is 3. The zero-order valence-corrected chi connectivity index (χ0v) is 16.1. The zero-order chi connectivity index (χ0) is 20.0. The van der Waals surface area contributed by atoms with Crippen LogP contribution in [0.3, 0.4) is 0 Å². The minimum atomic E-state index is -4.55. The summed E-state index contributed by atoms with van der Waals surface area (Å²) in [7, 11) is 2.95. The molecule has 146 valence electrons. The predicted molar refractivity (Wildman–Crippen MR) is 97.5 cm³/mol. The molecular formula is C18H17BrF3NO4. The molecule has 0 aliphatic heterocycles. The third-order valence-electron chi connectivity index (χ3n) is 3.51. The van der Waals surface area contributed by atoms with Crippen LogP contribution in [0, 0.1) is 0 Å². The number of anilines is 1. The van der Waals surface area contributed by atoms with Crippen molar-refractivity contribution in [3.8, 4) is 11.5 Å². The van der Waals surface area contributed by atoms with E-state index in [0.29, 0.717) is 10.2 Å². The molecule has 9 heteroatoms. The van der Waals surface area contributed by atoms with Crippen molar-refractivity contribution in [2.24, 2.45) is 0 Å². The van der Waals surface area contributed by atoms with Crippen LogP contribution in [-0.2, 0) is 10.9 Å². The number of methoxy groups -OCH3 is 2. The first kappa shape index (κ1) is 21.0. The number of rotatable bonds is 7. The first-order valence-electron chi connectivity index (χ1n) is 7.74. The van der Waals surface area contributed by atoms with Gasteiger partial charge in [0.15, 0.2) is 0 Å². The lowest BCUT2D eigenvalue weighted by molar-refractivity contribution is -0.137. The van der Waals surface area contributed by atoms with E-state index in [1.165, 1.54) is 26.4 Å². The van der Waals surface area contributed by atoms with Crippen molar-refractivity contribution in [1.29, 1.82) is 0 Å². The lowest BCUT2D eigenvalue weighted by Gasteiger charge is -2.15. The normalized spacial score (nSPS) is 11.2. The minimum absolute atomic E-state index is 0.0853. The van der Waals surface area contributed by atoms with Crippen LogP contribution in [0.1, 0.15) is 15.9 Å². The van der Waals surface area contributed by atoms with Crippen molar-refractivity contribution in [2.45, 2.75) is 6.18 Å². The summed E-state index contributed by atoms with van der Waals surface area (Å²) in [6.07, 6.45) is -4.55. The Balaban J connectivity index is 2.30. The lowest BCUT2D eigenvalue weighted by atomic mass is 10.1. The van der Waals surface area contributed by atoms with Crippen molar-refractivity contribution in [3.63, 3.8) is 0 Å². The Labute approximate surface area is 162 Å². The molecule has 0 aliphatic carbocycles. The number of benzene rings is 2. The summed E-state index contributed by atoms with van der Waals surface area (Å²) in [6, 6.07) is 7.46. The van der Waals surface area contributed by atoms with E-state index < -0.39 is 17.6 Å². The number of halogens is 4. The summed E-state index contributed by atoms with van der Waals surface area (Å²) >= 11 is 3.26. The molecule has 0 saturated carbocycles. The van der Waals surface area contributed by atoms with Gasteiger partial charge in [-0.1, -0.05) is 0 Å². The number of nitrogens with one attached hydrogen (secondary N) is 1. The fraction of sp³-hybridized carbons (Fsp3) is 0.278. The Morgan fingerprint density at radius 2 is 1.78 bits per heavy atom. The minimum Gasteiger partial charge on any atom is -0.496 e. The summed E-state index contributed by atoms with van der Waals surface area (Å²) in [5.41, 5.74) is -0.742. The van der Waals surface area contributed by atoms with Crippen molar-refractivity contribution in [3.05, 3.63) is 52.0 Å². The molecule has 0 atom stereocenters. The number of carbonyl (C=O) groups is 1. The molecule has 0 fully saturated rings. The molecule has 2 aromatic carbocycles. The van der Waals surface area contributed by atoms with Gasteiger partial charge in [0.25, 0.3) is 5.91 Å². The predicted octanol–water partition coefficient (Wildman–Crippen LogP) is 4.75. The summed E-state index contributed by atoms with van der Waals surface area (Å²) in [4.78, 5) is 12.5. The van der Waals surface area contributed by atoms with E-state index in [0.717, 1.165) is 18.2 Å². The van der Waals surface area contributed by atoms with Crippen molar-refractivity contribution in [1.82, 2.24) is 0 Å². The van der Waals surface area contributed by atoms with E-state index in [9.17, 15) is 18.0 Å². The van der Waals surface area contributed by atoms with E-state index >= 15 is 0 Å². The molecule has 0 heterocycles. The average Bonchev–Trinajstić information content (AvgIpc) is 2.62. The summed E-state index contributed by atoms with van der Waals surface area (Å²) < 4.78 is 54.9. The SMILES string of the molecule is COCCOc1ccc(C(F)(F)F)cc1NC(=O)c1ccc(OC)c(Br)c1. The van der Waals surface area contributed by atoms with E-state index in [1.807, 2.05) is 0 Å². The van der Waals surface area contributed by atoms with Gasteiger partial charge in [0.2, 0.25) is 0 Å². The van der Waals surface area contributed by atoms with E-state index in [2.05, 4.69) is 21.2 Å². The van der Waals surface area contributed by atoms with E-state index in [4.69, 9.17) is 14.2 Å². The fourth-order valence-electron chi connectivity index (χ4n) is 2.17. The molecule has 0 radical (unpaired) electrons. The first-order chi connectivity index (χ1) is 12.8. The third kappa shape index (κ3) is 5.61. The number of amides is 1. The van der Waals surface area contributed by atoms with Crippen LogP contribution in [0.5, 0.6) is 11.5 Å². The van der Waals surface area contributed by atoms with Crippen molar-refractivity contribution >= 4 is 27.5 Å². The Bertz CT molecular complexity index is 812. The first-order valence-corrected chi connectivity index (χ1v) is 8.53. The van der Waals surface area contributed by atoms with Gasteiger partial charge in [-0.25, -0.2) is 0 Å². The second kappa shape index (κ2) is 9.09. The van der Waals surface area contributed by atoms with Crippen molar-refractivity contribution in [2.75, 3.05) is 32.8 Å². The van der Waals surface area contributed by atoms with Crippen LogP contribution in [0.15, 0.2) is 40.9 Å². The molecule has 0 aliphatic rings. The quantitative estimate of drug-likeness (QED) is 0.622. The smallest absolute Gasteiger partial charge is 0.416 e. The van der Waals surface area contributed by atoms with Crippen LogP contribution in [-0.4, -0.2) is 33.3 Å². The molecular weight excluding hydrogens is 431 g/mol. The maximum Gasteiger partial charge on any atom is 0.416 e. The van der Waals surface area contributed by atoms with Crippen LogP contribution >= 0.6 is 15.9 Å². The molecule has 0 unspecified atom stereocenters. The number of carbonyl (C=O) groups excluding carboxylic acids is 1. The molecule has 1 amide bonds. The van der Waals surface area contributed by atoms with Crippen LogP contribution in [0.4, 0.5) is 18.9 Å². The molecule has 27 heavy (non-hydrogen) atoms. The van der Waals surface area contributed by atoms with Gasteiger partial charge in [0, 0.05) is 12.7 Å². The summed E-state index contributed by atoms with van der Waals surface area (Å²) in [5.74, 6) is 0.0458. The highest BCUT2D eigenvalue weighted by atomic mass is 79.9. The Morgan fingerprint density at radius 3 is 2.37 bits per heavy atom. The standard InChI is InChI=1S/C18H17BrF3NO4/c1-25-7-8-27-16-6-4-12(18(20,21)22)10-14(16)23-17(24)11-3-5-15(26-2)13(19)9-11/h3-6,9-10H,7-8H2,1-2H3,(H,23,24). The molecule has 0 bridgehead atoms. The molecule has 2 aromatic rings. The molecule has 0 saturated heterocycles. The number of alkyl halides is 3. The van der Waals surface area contributed by atoms with Gasteiger partial charge in [-0.3, -0.25) is 4.79 Å². The zero-order valence-electron chi connectivity index (χ0n) is 14.5. The highest BCUT2D eigenvalue weighted by Crippen LogP contribution is 2.35. The van der Waals surface area contributed by atoms with Gasteiger partial charge in [-0.15, -0.1) is 0 Å². The van der Waals surface area contributed by atoms with Gasteiger partial charge < -0.3 is 19.5 Å². The van der Waals surface area contributed by atoms with Gasteiger partial charge >= 0.3 is 6.18 Å². The lowest BCUT2D eigenvalue weighted by Crippen LogP contribution is -2.15. The van der Waals surface area contributed by atoms with Crippen molar-refractivity contribution < 1.29 is 32.2 Å². The van der Waals surface area contributed by atoms with Crippen LogP contribution in [0.2, 0.25) is 0 Å². The number of hydrogen-bond acceptors (Lipinski definition) is 4. The topological polar surface area (TPSA) is 56.8 Å². The molecule has 0 spiro atoms. The highest BCUT2D eigenvalue weighted by molar-refractivity contribution is 9.10. The number of hydrogen-bond donors (Lipinski definition) is 1. The van der Waals surface area contributed by atoms with Gasteiger partial charge in [-0.05, 0) is 52.3 Å². The Kier molecular flexibility index (Phi) is 7.09. The summed E-state index contributed by atoms with van der Waals surface area (Å²) in [5, 5.41) is 2.46. The van der Waals surface area contributed by atoms with E-state index in [1.54, 1.807) is 6.07 Å². The van der Waals surface area contributed by atoms with E-state index in [-0.39, 0.29) is 30.2 Å². The average molecular weight is 448 g/mol. The largest absolute Gasteiger partial charge is 0.496 e. The van der Waals surface area contributed by atoms with Crippen LogP contribution in [0.25, 0.3) is 0 Å². The van der Waals surface area contributed by atoms with Gasteiger partial charge in [0.1, 0.15) is 18.1 Å². The fourth-order valence-corrected chi connectivity index (χ4v) is 2.71. The van der Waals surface area contributed by atoms with Crippen LogP contribution < -0.4 is 14.8 Å². The monoisotopic (exact) mass is 447 g/mol. The maximum absolute atomic E-state index is 13.0. The molecule has 5 nitrogen and oxygen atoms in total. The molecule has 2 rings (SSSR count). The van der Waals surface area contributed by atoms with Gasteiger partial charge in [0.05, 0.1) is 29.4 Å². The molecule has 0 aromatic heterocycles. The summed E-state index contributed by atoms with van der Waals surface area (Å²) in [6.45, 7) is 0.374. The highest BCUT2D eigenvalue weighted by Gasteiger charge is 2.31. The van der Waals surface area contributed by atoms with Gasteiger partial charge in [-0.2, -0.15) is 13.2 Å². The molecule has 1 N–H and O–H groups in total. The second-order valence-electron chi connectivity index (χ2n) is 5.35. The Morgan fingerprint density at radius 1 is 1.07 bits per heavy atom. The Hall–Kier alpha value is -2.26.